The maximum atomic E-state index is 11.8. The molecule has 0 unspecified atom stereocenters. The fourth-order valence-corrected chi connectivity index (χ4v) is 3.33. The zero-order chi connectivity index (χ0) is 16.8. The topological polar surface area (TPSA) is 41.1 Å². The van der Waals surface area contributed by atoms with Gasteiger partial charge < -0.3 is 0 Å². The maximum absolute atomic E-state index is 11.8. The SMILES string of the molecule is CCCCCCCc1ccc(/C=C2\CNNC2=O)c2ccccc12. The van der Waals surface area contributed by atoms with Crippen LogP contribution in [0.4, 0.5) is 0 Å². The summed E-state index contributed by atoms with van der Waals surface area (Å²) in [6, 6.07) is 12.9. The first-order valence-corrected chi connectivity index (χ1v) is 9.04. The second-order valence-electron chi connectivity index (χ2n) is 6.50. The summed E-state index contributed by atoms with van der Waals surface area (Å²) < 4.78 is 0. The average molecular weight is 322 g/mol. The van der Waals surface area contributed by atoms with Gasteiger partial charge in [0.25, 0.3) is 5.91 Å². The summed E-state index contributed by atoms with van der Waals surface area (Å²) in [6.07, 6.45) is 9.64. The predicted molar refractivity (Wildman–Crippen MR) is 101 cm³/mol. The third kappa shape index (κ3) is 3.85. The maximum Gasteiger partial charge on any atom is 0.262 e. The summed E-state index contributed by atoms with van der Waals surface area (Å²) in [6.45, 7) is 2.83. The van der Waals surface area contributed by atoms with Crippen molar-refractivity contribution >= 4 is 22.8 Å². The Kier molecular flexibility index (Phi) is 5.65. The fraction of sp³-hybridized carbons (Fsp3) is 0.381. The first-order valence-electron chi connectivity index (χ1n) is 9.04. The lowest BCUT2D eigenvalue weighted by atomic mass is 9.95. The lowest BCUT2D eigenvalue weighted by Crippen LogP contribution is -2.25. The van der Waals surface area contributed by atoms with Gasteiger partial charge >= 0.3 is 0 Å². The molecule has 1 aliphatic rings. The number of fused-ring (bicyclic) bond motifs is 1. The molecule has 0 atom stereocenters. The van der Waals surface area contributed by atoms with E-state index < -0.39 is 0 Å². The van der Waals surface area contributed by atoms with Gasteiger partial charge in [-0.2, -0.15) is 0 Å². The molecule has 2 N–H and O–H groups in total. The van der Waals surface area contributed by atoms with Crippen molar-refractivity contribution < 1.29 is 4.79 Å². The number of hydrazine groups is 1. The van der Waals surface area contributed by atoms with Gasteiger partial charge in [0.15, 0.2) is 0 Å². The van der Waals surface area contributed by atoms with Crippen molar-refractivity contribution in [3.8, 4) is 0 Å². The van der Waals surface area contributed by atoms with E-state index in [0.29, 0.717) is 6.54 Å². The van der Waals surface area contributed by atoms with Crippen LogP contribution in [-0.2, 0) is 11.2 Å². The molecular weight excluding hydrogens is 296 g/mol. The minimum absolute atomic E-state index is 0.0286. The molecule has 0 radical (unpaired) electrons. The van der Waals surface area contributed by atoms with Crippen LogP contribution in [0, 0.1) is 0 Å². The van der Waals surface area contributed by atoms with Crippen LogP contribution in [0.5, 0.6) is 0 Å². The highest BCUT2D eigenvalue weighted by Gasteiger charge is 2.16. The van der Waals surface area contributed by atoms with Crippen molar-refractivity contribution in [3.05, 3.63) is 53.1 Å². The number of aryl methyl sites for hydroxylation is 1. The lowest BCUT2D eigenvalue weighted by molar-refractivity contribution is -0.116. The van der Waals surface area contributed by atoms with Gasteiger partial charge in [0.2, 0.25) is 0 Å². The van der Waals surface area contributed by atoms with E-state index in [1.807, 2.05) is 6.08 Å². The van der Waals surface area contributed by atoms with Gasteiger partial charge in [-0.3, -0.25) is 10.2 Å². The average Bonchev–Trinajstić information content (AvgIpc) is 3.01. The minimum Gasteiger partial charge on any atom is -0.287 e. The molecule has 3 rings (SSSR count). The molecular formula is C21H26N2O. The van der Waals surface area contributed by atoms with Crippen molar-refractivity contribution in [1.82, 2.24) is 10.9 Å². The van der Waals surface area contributed by atoms with Crippen LogP contribution in [-0.4, -0.2) is 12.5 Å². The fourth-order valence-electron chi connectivity index (χ4n) is 3.33. The van der Waals surface area contributed by atoms with Gasteiger partial charge in [0.05, 0.1) is 0 Å². The zero-order valence-electron chi connectivity index (χ0n) is 14.4. The van der Waals surface area contributed by atoms with E-state index in [-0.39, 0.29) is 5.91 Å². The molecule has 126 valence electrons. The number of benzene rings is 2. The van der Waals surface area contributed by atoms with Crippen LogP contribution in [0.15, 0.2) is 42.0 Å². The van der Waals surface area contributed by atoms with Crippen molar-refractivity contribution in [2.24, 2.45) is 0 Å². The van der Waals surface area contributed by atoms with Crippen LogP contribution < -0.4 is 10.9 Å². The van der Waals surface area contributed by atoms with Crippen LogP contribution in [0.3, 0.4) is 0 Å². The first kappa shape index (κ1) is 16.7. The molecule has 1 saturated heterocycles. The summed E-state index contributed by atoms with van der Waals surface area (Å²) >= 11 is 0. The highest BCUT2D eigenvalue weighted by atomic mass is 16.2. The monoisotopic (exact) mass is 322 g/mol. The smallest absolute Gasteiger partial charge is 0.262 e. The van der Waals surface area contributed by atoms with Crippen molar-refractivity contribution in [3.63, 3.8) is 0 Å². The number of rotatable bonds is 7. The third-order valence-corrected chi connectivity index (χ3v) is 4.70. The number of amides is 1. The van der Waals surface area contributed by atoms with E-state index >= 15 is 0 Å². The molecule has 1 aliphatic heterocycles. The van der Waals surface area contributed by atoms with Gasteiger partial charge in [-0.15, -0.1) is 0 Å². The molecule has 1 heterocycles. The summed E-state index contributed by atoms with van der Waals surface area (Å²) in [5, 5.41) is 2.55. The van der Waals surface area contributed by atoms with Gasteiger partial charge in [0.1, 0.15) is 0 Å². The van der Waals surface area contributed by atoms with Crippen LogP contribution in [0.2, 0.25) is 0 Å². The molecule has 0 spiro atoms. The summed E-state index contributed by atoms with van der Waals surface area (Å²) in [4.78, 5) is 11.8. The third-order valence-electron chi connectivity index (χ3n) is 4.70. The van der Waals surface area contributed by atoms with Crippen LogP contribution in [0.1, 0.15) is 50.2 Å². The van der Waals surface area contributed by atoms with Crippen molar-refractivity contribution in [2.45, 2.75) is 45.4 Å². The molecule has 1 fully saturated rings. The zero-order valence-corrected chi connectivity index (χ0v) is 14.4. The Balaban J connectivity index is 1.83. The minimum atomic E-state index is -0.0286. The van der Waals surface area contributed by atoms with E-state index in [4.69, 9.17) is 0 Å². The highest BCUT2D eigenvalue weighted by Crippen LogP contribution is 2.26. The number of nitrogens with one attached hydrogen (secondary N) is 2. The normalized spacial score (nSPS) is 16.0. The van der Waals surface area contributed by atoms with E-state index in [1.165, 1.54) is 48.4 Å². The summed E-state index contributed by atoms with van der Waals surface area (Å²) in [5.74, 6) is -0.0286. The molecule has 0 bridgehead atoms. The number of hydrogen-bond donors (Lipinski definition) is 2. The van der Waals surface area contributed by atoms with E-state index in [9.17, 15) is 4.79 Å². The van der Waals surface area contributed by atoms with Gasteiger partial charge in [-0.25, -0.2) is 5.43 Å². The summed E-state index contributed by atoms with van der Waals surface area (Å²) in [5.41, 5.74) is 8.83. The lowest BCUT2D eigenvalue weighted by Gasteiger charge is -2.10. The van der Waals surface area contributed by atoms with E-state index in [2.05, 4.69) is 54.2 Å². The number of hydrogen-bond acceptors (Lipinski definition) is 2. The number of carbonyl (C=O) groups is 1. The molecule has 0 aromatic heterocycles. The molecule has 3 nitrogen and oxygen atoms in total. The van der Waals surface area contributed by atoms with Gasteiger partial charge in [-0.05, 0) is 40.8 Å². The first-order chi connectivity index (χ1) is 11.8. The Morgan fingerprint density at radius 3 is 2.54 bits per heavy atom. The molecule has 24 heavy (non-hydrogen) atoms. The Morgan fingerprint density at radius 1 is 1.00 bits per heavy atom. The molecule has 2 aromatic rings. The van der Waals surface area contributed by atoms with Crippen molar-refractivity contribution in [1.29, 1.82) is 0 Å². The van der Waals surface area contributed by atoms with E-state index in [0.717, 1.165) is 17.6 Å². The molecule has 2 aromatic carbocycles. The van der Waals surface area contributed by atoms with Gasteiger partial charge in [-0.1, -0.05) is 69.0 Å². The van der Waals surface area contributed by atoms with Crippen molar-refractivity contribution in [2.75, 3.05) is 6.54 Å². The quantitative estimate of drug-likeness (QED) is 0.587. The van der Waals surface area contributed by atoms with Crippen LogP contribution >= 0.6 is 0 Å². The molecule has 3 heteroatoms. The summed E-state index contributed by atoms with van der Waals surface area (Å²) in [7, 11) is 0. The van der Waals surface area contributed by atoms with Crippen LogP contribution in [0.25, 0.3) is 16.8 Å². The second kappa shape index (κ2) is 8.11. The predicted octanol–water partition coefficient (Wildman–Crippen LogP) is 4.37. The molecule has 0 aliphatic carbocycles. The Bertz CT molecular complexity index is 749. The Labute approximate surface area is 144 Å². The molecule has 1 amide bonds. The Hall–Kier alpha value is -2.13. The second-order valence-corrected chi connectivity index (χ2v) is 6.50. The van der Waals surface area contributed by atoms with E-state index in [1.54, 1.807) is 0 Å². The highest BCUT2D eigenvalue weighted by molar-refractivity contribution is 6.02. The molecule has 0 saturated carbocycles. The Morgan fingerprint density at radius 2 is 1.79 bits per heavy atom. The number of unbranched alkanes of at least 4 members (excludes halogenated alkanes) is 4. The van der Waals surface area contributed by atoms with Gasteiger partial charge in [0, 0.05) is 12.1 Å². The largest absolute Gasteiger partial charge is 0.287 e. The standard InChI is InChI=1S/C21H26N2O/c1-2-3-4-5-6-9-16-12-13-17(14-18-15-22-23-21(18)24)20-11-8-7-10-19(16)20/h7-8,10-14,22H,2-6,9,15H2,1H3,(H,23,24)/b18-14+. The number of carbonyl (C=O) groups excluding carboxylic acids is 1.